The summed E-state index contributed by atoms with van der Waals surface area (Å²) in [5, 5.41) is 12.6. The zero-order valence-corrected chi connectivity index (χ0v) is 10.8. The molecule has 1 heterocycles. The highest BCUT2D eigenvalue weighted by atomic mass is 79.9. The van der Waals surface area contributed by atoms with Crippen LogP contribution < -0.4 is 0 Å². The fourth-order valence-corrected chi connectivity index (χ4v) is 2.41. The largest absolute Gasteiger partial charge is 0.382 e. The van der Waals surface area contributed by atoms with Crippen molar-refractivity contribution >= 4 is 27.3 Å². The molecule has 0 aliphatic rings. The topological polar surface area (TPSA) is 33.1 Å². The van der Waals surface area contributed by atoms with Gasteiger partial charge >= 0.3 is 0 Å². The molecule has 1 atom stereocenters. The Morgan fingerprint density at radius 2 is 2.25 bits per heavy atom. The summed E-state index contributed by atoms with van der Waals surface area (Å²) < 4.78 is 14.1. The average molecular weight is 302 g/mol. The van der Waals surface area contributed by atoms with E-state index in [1.807, 2.05) is 6.92 Å². The highest BCUT2D eigenvalue weighted by Crippen LogP contribution is 2.28. The molecule has 0 saturated heterocycles. The van der Waals surface area contributed by atoms with Gasteiger partial charge in [0.25, 0.3) is 0 Å². The monoisotopic (exact) mass is 301 g/mol. The van der Waals surface area contributed by atoms with Crippen molar-refractivity contribution in [3.8, 4) is 0 Å². The van der Waals surface area contributed by atoms with E-state index in [0.29, 0.717) is 10.2 Å². The van der Waals surface area contributed by atoms with E-state index in [1.54, 1.807) is 23.6 Å². The van der Waals surface area contributed by atoms with Crippen molar-refractivity contribution < 1.29 is 9.50 Å². The van der Waals surface area contributed by atoms with Crippen LogP contribution >= 0.6 is 27.3 Å². The summed E-state index contributed by atoms with van der Waals surface area (Å²) in [6, 6.07) is 4.84. The zero-order valence-electron chi connectivity index (χ0n) is 8.45. The molecule has 0 amide bonds. The number of aliphatic hydroxyl groups excluding tert-OH is 1. The molecule has 0 fully saturated rings. The van der Waals surface area contributed by atoms with Gasteiger partial charge in [0, 0.05) is 10.9 Å². The Bertz CT molecular complexity index is 514. The highest BCUT2D eigenvalue weighted by Gasteiger charge is 2.18. The molecule has 1 aromatic carbocycles. The third kappa shape index (κ3) is 2.16. The van der Waals surface area contributed by atoms with Gasteiger partial charge in [0.2, 0.25) is 0 Å². The van der Waals surface area contributed by atoms with E-state index < -0.39 is 11.9 Å². The Kier molecular flexibility index (Phi) is 3.37. The van der Waals surface area contributed by atoms with Gasteiger partial charge in [0.1, 0.15) is 11.9 Å². The third-order valence-corrected chi connectivity index (χ3v) is 3.60. The van der Waals surface area contributed by atoms with Gasteiger partial charge in [-0.3, -0.25) is 0 Å². The lowest BCUT2D eigenvalue weighted by atomic mass is 10.1. The van der Waals surface area contributed by atoms with E-state index in [4.69, 9.17) is 0 Å². The van der Waals surface area contributed by atoms with E-state index in [-0.39, 0.29) is 5.56 Å². The van der Waals surface area contributed by atoms with Gasteiger partial charge in [-0.25, -0.2) is 9.37 Å². The molecule has 1 aromatic heterocycles. The lowest BCUT2D eigenvalue weighted by molar-refractivity contribution is 0.210. The number of aryl methyl sites for hydroxylation is 1. The second kappa shape index (κ2) is 4.61. The van der Waals surface area contributed by atoms with Crippen LogP contribution in [0, 0.1) is 12.7 Å². The summed E-state index contributed by atoms with van der Waals surface area (Å²) in [6.45, 7) is 1.85. The zero-order chi connectivity index (χ0) is 11.7. The van der Waals surface area contributed by atoms with E-state index in [1.165, 1.54) is 11.3 Å². The molecule has 2 aromatic rings. The molecule has 16 heavy (non-hydrogen) atoms. The molecule has 0 aliphatic heterocycles. The number of thiazole rings is 1. The standard InChI is InChI=1S/C11H9BrFNOS/c1-6-14-9(5-16-6)11(15)7-3-2-4-8(12)10(7)13/h2-5,11,15H,1H3. The van der Waals surface area contributed by atoms with Crippen LogP contribution in [0.1, 0.15) is 22.4 Å². The predicted molar refractivity (Wildman–Crippen MR) is 65.0 cm³/mol. The Morgan fingerprint density at radius 3 is 2.88 bits per heavy atom. The number of aromatic nitrogens is 1. The van der Waals surface area contributed by atoms with Crippen molar-refractivity contribution in [2.75, 3.05) is 0 Å². The van der Waals surface area contributed by atoms with E-state index in [0.717, 1.165) is 5.01 Å². The first-order chi connectivity index (χ1) is 7.59. The third-order valence-electron chi connectivity index (χ3n) is 2.19. The Hall–Kier alpha value is -0.780. The normalized spacial score (nSPS) is 12.8. The molecule has 2 nitrogen and oxygen atoms in total. The van der Waals surface area contributed by atoms with Crippen molar-refractivity contribution in [3.63, 3.8) is 0 Å². The quantitative estimate of drug-likeness (QED) is 0.922. The van der Waals surface area contributed by atoms with Crippen molar-refractivity contribution in [1.82, 2.24) is 4.98 Å². The SMILES string of the molecule is Cc1nc(C(O)c2cccc(Br)c2F)cs1. The van der Waals surface area contributed by atoms with Gasteiger partial charge in [-0.2, -0.15) is 0 Å². The van der Waals surface area contributed by atoms with Crippen LogP contribution in [0.4, 0.5) is 4.39 Å². The molecule has 0 radical (unpaired) electrons. The lowest BCUT2D eigenvalue weighted by Crippen LogP contribution is -2.03. The number of nitrogens with zero attached hydrogens (tertiary/aromatic N) is 1. The summed E-state index contributed by atoms with van der Waals surface area (Å²) >= 11 is 4.52. The minimum Gasteiger partial charge on any atom is -0.382 e. The number of aliphatic hydroxyl groups is 1. The van der Waals surface area contributed by atoms with Crippen LogP contribution in [-0.2, 0) is 0 Å². The van der Waals surface area contributed by atoms with Crippen LogP contribution in [0.5, 0.6) is 0 Å². The molecule has 1 N–H and O–H groups in total. The summed E-state index contributed by atoms with van der Waals surface area (Å²) in [4.78, 5) is 4.14. The van der Waals surface area contributed by atoms with Gasteiger partial charge in [-0.1, -0.05) is 12.1 Å². The van der Waals surface area contributed by atoms with Gasteiger partial charge in [-0.05, 0) is 28.9 Å². The summed E-state index contributed by atoms with van der Waals surface area (Å²) in [5.74, 6) is -0.444. The van der Waals surface area contributed by atoms with Gasteiger partial charge < -0.3 is 5.11 Å². The van der Waals surface area contributed by atoms with Crippen LogP contribution in [0.3, 0.4) is 0 Å². The number of hydrogen-bond acceptors (Lipinski definition) is 3. The Morgan fingerprint density at radius 1 is 1.50 bits per heavy atom. The first-order valence-electron chi connectivity index (χ1n) is 4.63. The molecule has 0 saturated carbocycles. The van der Waals surface area contributed by atoms with Crippen molar-refractivity contribution in [1.29, 1.82) is 0 Å². The molecular formula is C11H9BrFNOS. The number of rotatable bonds is 2. The maximum Gasteiger partial charge on any atom is 0.143 e. The van der Waals surface area contributed by atoms with Gasteiger partial charge in [-0.15, -0.1) is 11.3 Å². The highest BCUT2D eigenvalue weighted by molar-refractivity contribution is 9.10. The number of hydrogen-bond donors (Lipinski definition) is 1. The van der Waals surface area contributed by atoms with Gasteiger partial charge in [0.15, 0.2) is 0 Å². The lowest BCUT2D eigenvalue weighted by Gasteiger charge is -2.10. The second-order valence-corrected chi connectivity index (χ2v) is 5.25. The molecular weight excluding hydrogens is 293 g/mol. The first-order valence-corrected chi connectivity index (χ1v) is 6.31. The van der Waals surface area contributed by atoms with E-state index in [2.05, 4.69) is 20.9 Å². The minimum absolute atomic E-state index is 0.236. The molecule has 0 bridgehead atoms. The van der Waals surface area contributed by atoms with Crippen molar-refractivity contribution in [2.45, 2.75) is 13.0 Å². The maximum atomic E-state index is 13.7. The van der Waals surface area contributed by atoms with Crippen LogP contribution in [0.25, 0.3) is 0 Å². The van der Waals surface area contributed by atoms with Crippen LogP contribution in [0.15, 0.2) is 28.1 Å². The molecule has 84 valence electrons. The minimum atomic E-state index is -1.01. The summed E-state index contributed by atoms with van der Waals surface area (Å²) in [6.07, 6.45) is -1.01. The Balaban J connectivity index is 2.41. The summed E-state index contributed by atoms with van der Waals surface area (Å²) in [5.41, 5.74) is 0.721. The first kappa shape index (κ1) is 11.7. The van der Waals surface area contributed by atoms with Crippen molar-refractivity contribution in [3.05, 3.63) is 50.1 Å². The van der Waals surface area contributed by atoms with E-state index in [9.17, 15) is 9.50 Å². The molecule has 0 aliphatic carbocycles. The molecule has 5 heteroatoms. The maximum absolute atomic E-state index is 13.7. The summed E-state index contributed by atoms with van der Waals surface area (Å²) in [7, 11) is 0. The number of benzene rings is 1. The molecule has 0 spiro atoms. The predicted octanol–water partition coefficient (Wildman–Crippen LogP) is 3.43. The van der Waals surface area contributed by atoms with Crippen molar-refractivity contribution in [2.24, 2.45) is 0 Å². The van der Waals surface area contributed by atoms with E-state index >= 15 is 0 Å². The van der Waals surface area contributed by atoms with Gasteiger partial charge in [0.05, 0.1) is 15.2 Å². The Labute approximate surface area is 105 Å². The molecule has 2 rings (SSSR count). The molecule has 1 unspecified atom stereocenters. The average Bonchev–Trinajstić information content (AvgIpc) is 2.68. The van der Waals surface area contributed by atoms with Crippen LogP contribution in [0.2, 0.25) is 0 Å². The number of halogens is 2. The van der Waals surface area contributed by atoms with Crippen LogP contribution in [-0.4, -0.2) is 10.1 Å². The fraction of sp³-hybridized carbons (Fsp3) is 0.182. The smallest absolute Gasteiger partial charge is 0.143 e. The fourth-order valence-electron chi connectivity index (χ4n) is 1.40. The second-order valence-electron chi connectivity index (χ2n) is 3.34.